The van der Waals surface area contributed by atoms with E-state index in [0.717, 1.165) is 32.7 Å². The molecule has 1 atom stereocenters. The molecule has 6 heteroatoms. The third-order valence-electron chi connectivity index (χ3n) is 3.74. The maximum absolute atomic E-state index is 12.2. The van der Waals surface area contributed by atoms with Gasteiger partial charge in [-0.3, -0.25) is 4.90 Å². The molecule has 0 aromatic rings. The number of carbonyl (C=O) groups excluding carboxylic acids is 1. The van der Waals surface area contributed by atoms with E-state index < -0.39 is 5.60 Å². The van der Waals surface area contributed by atoms with Gasteiger partial charge >= 0.3 is 6.03 Å². The molecule has 124 valence electrons. The lowest BCUT2D eigenvalue weighted by molar-refractivity contribution is 0.0472. The van der Waals surface area contributed by atoms with Crippen LogP contribution >= 0.6 is 0 Å². The van der Waals surface area contributed by atoms with Crippen LogP contribution in [0.5, 0.6) is 0 Å². The number of nitrogens with one attached hydrogen (secondary N) is 1. The van der Waals surface area contributed by atoms with Crippen molar-refractivity contribution >= 4 is 6.03 Å². The maximum atomic E-state index is 12.2. The fourth-order valence-electron chi connectivity index (χ4n) is 2.56. The monoisotopic (exact) mass is 300 g/mol. The topological polar surface area (TPSA) is 59.1 Å². The van der Waals surface area contributed by atoms with Crippen LogP contribution in [0.1, 0.15) is 27.7 Å². The SMILES string of the molecule is CCN(CC(C)(C)O)C(=O)NC(C)CN1CCN(C)CC1. The fourth-order valence-corrected chi connectivity index (χ4v) is 2.56. The number of hydrogen-bond acceptors (Lipinski definition) is 4. The molecule has 1 fully saturated rings. The first kappa shape index (κ1) is 18.2. The van der Waals surface area contributed by atoms with Crippen LogP contribution in [0.25, 0.3) is 0 Å². The Morgan fingerprint density at radius 2 is 1.90 bits per heavy atom. The standard InChI is InChI=1S/C15H32N4O2/c1-6-19(12-15(3,4)21)14(20)16-13(2)11-18-9-7-17(5)8-10-18/h13,21H,6-12H2,1-5H3,(H,16,20). The molecule has 0 radical (unpaired) electrons. The number of aliphatic hydroxyl groups is 1. The van der Waals surface area contributed by atoms with Crippen LogP contribution in [-0.4, -0.2) is 90.3 Å². The van der Waals surface area contributed by atoms with E-state index in [1.54, 1.807) is 18.7 Å². The number of piperazine rings is 1. The van der Waals surface area contributed by atoms with E-state index in [1.165, 1.54) is 0 Å². The van der Waals surface area contributed by atoms with Gasteiger partial charge in [-0.1, -0.05) is 0 Å². The highest BCUT2D eigenvalue weighted by Gasteiger charge is 2.23. The summed E-state index contributed by atoms with van der Waals surface area (Å²) >= 11 is 0. The van der Waals surface area contributed by atoms with Gasteiger partial charge in [0.05, 0.1) is 12.1 Å². The summed E-state index contributed by atoms with van der Waals surface area (Å²) in [4.78, 5) is 18.6. The Hall–Kier alpha value is -0.850. The number of likely N-dealkylation sites (N-methyl/N-ethyl adjacent to an activating group) is 2. The Morgan fingerprint density at radius 1 is 1.33 bits per heavy atom. The molecule has 1 unspecified atom stereocenters. The van der Waals surface area contributed by atoms with Crippen molar-refractivity contribution in [3.05, 3.63) is 0 Å². The van der Waals surface area contributed by atoms with Gasteiger partial charge in [0.25, 0.3) is 0 Å². The number of hydrogen-bond donors (Lipinski definition) is 2. The lowest BCUT2D eigenvalue weighted by Gasteiger charge is -2.35. The predicted octanol–water partition coefficient (Wildman–Crippen LogP) is 0.425. The smallest absolute Gasteiger partial charge is 0.317 e. The quantitative estimate of drug-likeness (QED) is 0.747. The van der Waals surface area contributed by atoms with Gasteiger partial charge in [0.1, 0.15) is 0 Å². The largest absolute Gasteiger partial charge is 0.389 e. The van der Waals surface area contributed by atoms with Crippen molar-refractivity contribution in [3.63, 3.8) is 0 Å². The van der Waals surface area contributed by atoms with Crippen molar-refractivity contribution in [1.29, 1.82) is 0 Å². The predicted molar refractivity (Wildman–Crippen MR) is 85.5 cm³/mol. The van der Waals surface area contributed by atoms with Crippen LogP contribution < -0.4 is 5.32 Å². The van der Waals surface area contributed by atoms with Gasteiger partial charge in [0.15, 0.2) is 0 Å². The van der Waals surface area contributed by atoms with Gasteiger partial charge in [-0.15, -0.1) is 0 Å². The van der Waals surface area contributed by atoms with Gasteiger partial charge < -0.3 is 20.2 Å². The highest BCUT2D eigenvalue weighted by Crippen LogP contribution is 2.06. The first-order valence-electron chi connectivity index (χ1n) is 7.90. The van der Waals surface area contributed by atoms with Crippen LogP contribution in [0.3, 0.4) is 0 Å². The third-order valence-corrected chi connectivity index (χ3v) is 3.74. The number of nitrogens with zero attached hydrogens (tertiary/aromatic N) is 3. The fraction of sp³-hybridized carbons (Fsp3) is 0.933. The van der Waals surface area contributed by atoms with Gasteiger partial charge in [-0.25, -0.2) is 4.79 Å². The summed E-state index contributed by atoms with van der Waals surface area (Å²) in [7, 11) is 2.14. The van der Waals surface area contributed by atoms with Gasteiger partial charge in [0.2, 0.25) is 0 Å². The molecule has 21 heavy (non-hydrogen) atoms. The summed E-state index contributed by atoms with van der Waals surface area (Å²) < 4.78 is 0. The molecule has 2 N–H and O–H groups in total. The molecule has 0 spiro atoms. The van der Waals surface area contributed by atoms with Crippen molar-refractivity contribution in [3.8, 4) is 0 Å². The van der Waals surface area contributed by atoms with Crippen molar-refractivity contribution < 1.29 is 9.90 Å². The van der Waals surface area contributed by atoms with Crippen molar-refractivity contribution in [2.24, 2.45) is 0 Å². The minimum Gasteiger partial charge on any atom is -0.389 e. The Labute approximate surface area is 129 Å². The number of amides is 2. The molecule has 6 nitrogen and oxygen atoms in total. The average molecular weight is 300 g/mol. The zero-order chi connectivity index (χ0) is 16.0. The third kappa shape index (κ3) is 7.11. The van der Waals surface area contributed by atoms with Crippen LogP contribution in [0.15, 0.2) is 0 Å². The zero-order valence-corrected chi connectivity index (χ0v) is 14.2. The summed E-state index contributed by atoms with van der Waals surface area (Å²) in [5.41, 5.74) is -0.867. The van der Waals surface area contributed by atoms with Gasteiger partial charge in [0, 0.05) is 45.3 Å². The van der Waals surface area contributed by atoms with E-state index in [1.807, 2.05) is 13.8 Å². The minimum atomic E-state index is -0.867. The second-order valence-corrected chi connectivity index (χ2v) is 6.78. The highest BCUT2D eigenvalue weighted by molar-refractivity contribution is 5.74. The molecule has 0 bridgehead atoms. The van der Waals surface area contributed by atoms with Crippen molar-refractivity contribution in [1.82, 2.24) is 20.0 Å². The lowest BCUT2D eigenvalue weighted by atomic mass is 10.1. The summed E-state index contributed by atoms with van der Waals surface area (Å²) in [6, 6.07) is 0.0120. The molecule has 1 rings (SSSR count). The molecule has 1 saturated heterocycles. The summed E-state index contributed by atoms with van der Waals surface area (Å²) in [6.45, 7) is 13.5. The molecule has 0 aromatic heterocycles. The maximum Gasteiger partial charge on any atom is 0.317 e. The van der Waals surface area contributed by atoms with E-state index >= 15 is 0 Å². The van der Waals surface area contributed by atoms with E-state index in [2.05, 4.69) is 22.2 Å². The summed E-state index contributed by atoms with van der Waals surface area (Å²) in [5, 5.41) is 12.9. The normalized spacial score (nSPS) is 19.3. The molecule has 1 aliphatic heterocycles. The van der Waals surface area contributed by atoms with Crippen LogP contribution in [0, 0.1) is 0 Å². The lowest BCUT2D eigenvalue weighted by Crippen LogP contribution is -2.53. The second kappa shape index (κ2) is 7.96. The molecular weight excluding hydrogens is 268 g/mol. The highest BCUT2D eigenvalue weighted by atomic mass is 16.3. The van der Waals surface area contributed by atoms with Crippen LogP contribution in [0.4, 0.5) is 4.79 Å². The molecular formula is C15H32N4O2. The molecule has 0 saturated carbocycles. The Morgan fingerprint density at radius 3 is 2.38 bits per heavy atom. The van der Waals surface area contributed by atoms with Gasteiger partial charge in [-0.05, 0) is 34.7 Å². The summed E-state index contributed by atoms with van der Waals surface area (Å²) in [6.07, 6.45) is 0. The first-order valence-corrected chi connectivity index (χ1v) is 7.90. The first-order chi connectivity index (χ1) is 9.71. The second-order valence-electron chi connectivity index (χ2n) is 6.78. The average Bonchev–Trinajstić information content (AvgIpc) is 2.37. The van der Waals surface area contributed by atoms with E-state index in [9.17, 15) is 9.90 Å². The number of urea groups is 1. The molecule has 1 heterocycles. The van der Waals surface area contributed by atoms with Gasteiger partial charge in [-0.2, -0.15) is 0 Å². The van der Waals surface area contributed by atoms with E-state index in [-0.39, 0.29) is 12.1 Å². The van der Waals surface area contributed by atoms with Crippen molar-refractivity contribution in [2.45, 2.75) is 39.3 Å². The molecule has 2 amide bonds. The zero-order valence-electron chi connectivity index (χ0n) is 14.2. The minimum absolute atomic E-state index is 0.0961. The van der Waals surface area contributed by atoms with Crippen molar-refractivity contribution in [2.75, 3.05) is 52.9 Å². The Bertz CT molecular complexity index is 322. The number of carbonyl (C=O) groups is 1. The molecule has 1 aliphatic rings. The van der Waals surface area contributed by atoms with E-state index in [0.29, 0.717) is 13.1 Å². The Kier molecular flexibility index (Phi) is 6.90. The number of rotatable bonds is 6. The molecule has 0 aromatic carbocycles. The van der Waals surface area contributed by atoms with Crippen LogP contribution in [-0.2, 0) is 0 Å². The summed E-state index contributed by atoms with van der Waals surface area (Å²) in [5.74, 6) is 0. The van der Waals surface area contributed by atoms with E-state index in [4.69, 9.17) is 0 Å². The molecule has 0 aliphatic carbocycles. The van der Waals surface area contributed by atoms with Crippen LogP contribution in [0.2, 0.25) is 0 Å². The Balaban J connectivity index is 2.38.